The van der Waals surface area contributed by atoms with Gasteiger partial charge in [0.15, 0.2) is 11.6 Å². The van der Waals surface area contributed by atoms with Gasteiger partial charge in [-0.05, 0) is 30.8 Å². The maximum Gasteiger partial charge on any atom is 0.188 e. The van der Waals surface area contributed by atoms with E-state index in [0.29, 0.717) is 17.6 Å². The van der Waals surface area contributed by atoms with Crippen LogP contribution in [-0.2, 0) is 14.4 Å². The fourth-order valence-corrected chi connectivity index (χ4v) is 5.11. The molecule has 0 saturated heterocycles. The summed E-state index contributed by atoms with van der Waals surface area (Å²) < 4.78 is 0. The van der Waals surface area contributed by atoms with Gasteiger partial charge in [0, 0.05) is 28.6 Å². The van der Waals surface area contributed by atoms with Crippen molar-refractivity contribution in [2.24, 2.45) is 22.7 Å². The molecule has 0 radical (unpaired) electrons. The molecule has 0 aliphatic heterocycles. The van der Waals surface area contributed by atoms with Crippen LogP contribution >= 0.6 is 0 Å². The molecule has 136 valence electrons. The van der Waals surface area contributed by atoms with Gasteiger partial charge in [0.05, 0.1) is 18.1 Å². The van der Waals surface area contributed by atoms with E-state index in [4.69, 9.17) is 0 Å². The summed E-state index contributed by atoms with van der Waals surface area (Å²) >= 11 is 0. The summed E-state index contributed by atoms with van der Waals surface area (Å²) in [6.07, 6.45) is 1.26. The molecule has 1 fully saturated rings. The Balaban J connectivity index is 2.19. The highest BCUT2D eigenvalue weighted by Gasteiger charge is 2.60. The molecule has 0 aromatic carbocycles. The van der Waals surface area contributed by atoms with E-state index in [2.05, 4.69) is 0 Å². The zero-order valence-corrected chi connectivity index (χ0v) is 15.3. The lowest BCUT2D eigenvalue weighted by molar-refractivity contribution is -0.148. The molecule has 0 aromatic heterocycles. The zero-order chi connectivity index (χ0) is 18.7. The van der Waals surface area contributed by atoms with E-state index in [0.717, 1.165) is 0 Å². The topological polar surface area (TPSA) is 91.7 Å². The minimum Gasteiger partial charge on any atom is -0.395 e. The van der Waals surface area contributed by atoms with Gasteiger partial charge in [0.25, 0.3) is 0 Å². The molecule has 0 unspecified atom stereocenters. The van der Waals surface area contributed by atoms with Crippen LogP contribution in [0.2, 0.25) is 0 Å². The van der Waals surface area contributed by atoms with E-state index in [1.165, 1.54) is 6.08 Å². The minimum atomic E-state index is -1.08. The molecule has 0 amide bonds. The maximum absolute atomic E-state index is 12.9. The SMILES string of the molecule is CC(C)C1=CC(=O)C2=C(C1=O)[C@H](O)C[C@H]1[C@@](C)(CO)C(=O)CC[C@]21C. The standard InChI is InChI=1S/C20H26O5/c1-10(2)11-7-13(23)17-16(18(11)25)12(22)8-14-19(17,3)6-5-15(24)20(14,4)9-21/h7,10,12,14,21-22H,5-6,8-9H2,1-4H3/t12-,14-,19+,20-/m1/s1. The van der Waals surface area contributed by atoms with Gasteiger partial charge in [-0.3, -0.25) is 14.4 Å². The Morgan fingerprint density at radius 2 is 1.88 bits per heavy atom. The Morgan fingerprint density at radius 1 is 1.24 bits per heavy atom. The summed E-state index contributed by atoms with van der Waals surface area (Å²) in [7, 11) is 0. The monoisotopic (exact) mass is 346 g/mol. The third kappa shape index (κ3) is 2.32. The van der Waals surface area contributed by atoms with Crippen molar-refractivity contribution in [3.05, 3.63) is 22.8 Å². The summed E-state index contributed by atoms with van der Waals surface area (Å²) in [4.78, 5) is 38.3. The molecule has 1 saturated carbocycles. The highest BCUT2D eigenvalue weighted by molar-refractivity contribution is 6.24. The van der Waals surface area contributed by atoms with E-state index in [9.17, 15) is 24.6 Å². The second-order valence-corrected chi connectivity index (χ2v) is 8.46. The second kappa shape index (κ2) is 5.71. The smallest absolute Gasteiger partial charge is 0.188 e. The van der Waals surface area contributed by atoms with Crippen LogP contribution in [-0.4, -0.2) is 40.3 Å². The predicted octanol–water partition coefficient (Wildman–Crippen LogP) is 1.77. The van der Waals surface area contributed by atoms with Crippen LogP contribution < -0.4 is 0 Å². The van der Waals surface area contributed by atoms with Crippen LogP contribution in [0, 0.1) is 22.7 Å². The van der Waals surface area contributed by atoms with Gasteiger partial charge in [-0.2, -0.15) is 0 Å². The Labute approximate surface area is 147 Å². The first-order valence-corrected chi connectivity index (χ1v) is 8.95. The van der Waals surface area contributed by atoms with Crippen LogP contribution in [0.5, 0.6) is 0 Å². The van der Waals surface area contributed by atoms with Crippen molar-refractivity contribution in [2.75, 3.05) is 6.61 Å². The summed E-state index contributed by atoms with van der Waals surface area (Å²) in [6, 6.07) is 0. The van der Waals surface area contributed by atoms with Crippen LogP contribution in [0.1, 0.15) is 47.0 Å². The average Bonchev–Trinajstić information content (AvgIpc) is 2.55. The molecule has 3 rings (SSSR count). The molecule has 0 heterocycles. The quantitative estimate of drug-likeness (QED) is 0.744. The molecule has 25 heavy (non-hydrogen) atoms. The van der Waals surface area contributed by atoms with Gasteiger partial charge in [-0.25, -0.2) is 0 Å². The minimum absolute atomic E-state index is 0.0401. The lowest BCUT2D eigenvalue weighted by Crippen LogP contribution is -2.57. The normalized spacial score (nSPS) is 38.7. The summed E-state index contributed by atoms with van der Waals surface area (Å²) in [5.74, 6) is -0.995. The largest absolute Gasteiger partial charge is 0.395 e. The summed E-state index contributed by atoms with van der Waals surface area (Å²) in [5, 5.41) is 20.6. The second-order valence-electron chi connectivity index (χ2n) is 8.46. The zero-order valence-electron chi connectivity index (χ0n) is 15.3. The van der Waals surface area contributed by atoms with Gasteiger partial charge in [0.2, 0.25) is 0 Å². The number of rotatable bonds is 2. The fourth-order valence-electron chi connectivity index (χ4n) is 5.11. The predicted molar refractivity (Wildman–Crippen MR) is 91.6 cm³/mol. The molecule has 5 nitrogen and oxygen atoms in total. The van der Waals surface area contributed by atoms with E-state index in [-0.39, 0.29) is 54.2 Å². The number of allylic oxidation sites excluding steroid dienone is 3. The van der Waals surface area contributed by atoms with Crippen LogP contribution in [0.15, 0.2) is 22.8 Å². The number of carbonyl (C=O) groups is 3. The van der Waals surface area contributed by atoms with Gasteiger partial charge < -0.3 is 10.2 Å². The first kappa shape index (κ1) is 18.2. The molecular weight excluding hydrogens is 320 g/mol. The fraction of sp³-hybridized carbons (Fsp3) is 0.650. The molecule has 2 N–H and O–H groups in total. The van der Waals surface area contributed by atoms with Crippen LogP contribution in [0.3, 0.4) is 0 Å². The van der Waals surface area contributed by atoms with Crippen molar-refractivity contribution in [1.82, 2.24) is 0 Å². The van der Waals surface area contributed by atoms with Gasteiger partial charge in [-0.15, -0.1) is 0 Å². The van der Waals surface area contributed by atoms with Crippen molar-refractivity contribution in [2.45, 2.75) is 53.1 Å². The number of hydrogen-bond donors (Lipinski definition) is 2. The molecule has 4 atom stereocenters. The Hall–Kier alpha value is -1.59. The molecule has 3 aliphatic rings. The molecule has 3 aliphatic carbocycles. The Bertz CT molecular complexity index is 728. The van der Waals surface area contributed by atoms with Crippen molar-refractivity contribution < 1.29 is 24.6 Å². The van der Waals surface area contributed by atoms with Crippen LogP contribution in [0.4, 0.5) is 0 Å². The summed E-state index contributed by atoms with van der Waals surface area (Å²) in [6.45, 7) is 6.99. The molecule has 0 aromatic rings. The van der Waals surface area contributed by atoms with E-state index in [1.54, 1.807) is 6.92 Å². The Morgan fingerprint density at radius 3 is 2.44 bits per heavy atom. The maximum atomic E-state index is 12.9. The summed E-state index contributed by atoms with van der Waals surface area (Å²) in [5.41, 5.74) is -0.687. The van der Waals surface area contributed by atoms with E-state index >= 15 is 0 Å². The Kier molecular flexibility index (Phi) is 4.16. The molecular formula is C20H26O5. The molecule has 0 spiro atoms. The van der Waals surface area contributed by atoms with Crippen molar-refractivity contribution in [1.29, 1.82) is 0 Å². The van der Waals surface area contributed by atoms with Gasteiger partial charge >= 0.3 is 0 Å². The highest BCUT2D eigenvalue weighted by atomic mass is 16.3. The van der Waals surface area contributed by atoms with E-state index < -0.39 is 16.9 Å². The van der Waals surface area contributed by atoms with Gasteiger partial charge in [-0.1, -0.05) is 27.7 Å². The first-order valence-electron chi connectivity index (χ1n) is 8.95. The van der Waals surface area contributed by atoms with Gasteiger partial charge in [0.1, 0.15) is 5.78 Å². The molecule has 0 bridgehead atoms. The first-order chi connectivity index (χ1) is 11.6. The third-order valence-electron chi connectivity index (χ3n) is 6.67. The highest BCUT2D eigenvalue weighted by Crippen LogP contribution is 2.59. The van der Waals surface area contributed by atoms with Crippen molar-refractivity contribution in [3.8, 4) is 0 Å². The lowest BCUT2D eigenvalue weighted by Gasteiger charge is -2.55. The number of aliphatic hydroxyl groups excluding tert-OH is 2. The lowest BCUT2D eigenvalue weighted by atomic mass is 9.47. The van der Waals surface area contributed by atoms with Crippen molar-refractivity contribution >= 4 is 17.3 Å². The van der Waals surface area contributed by atoms with Crippen molar-refractivity contribution in [3.63, 3.8) is 0 Å². The molecule has 5 heteroatoms. The number of ketones is 3. The number of carbonyl (C=O) groups excluding carboxylic acids is 3. The average molecular weight is 346 g/mol. The third-order valence-corrected chi connectivity index (χ3v) is 6.67. The number of fused-ring (bicyclic) bond motifs is 2. The number of aliphatic hydroxyl groups is 2. The number of hydrogen-bond acceptors (Lipinski definition) is 5. The van der Waals surface area contributed by atoms with E-state index in [1.807, 2.05) is 20.8 Å². The number of Topliss-reactive ketones (excluding diaryl/α,β-unsaturated/α-hetero) is 2. The van der Waals surface area contributed by atoms with Crippen LogP contribution in [0.25, 0.3) is 0 Å².